The Balaban J connectivity index is 1.91. The molecule has 1 aliphatic rings. The zero-order valence-corrected chi connectivity index (χ0v) is 13.8. The lowest BCUT2D eigenvalue weighted by Crippen LogP contribution is -2.43. The summed E-state index contributed by atoms with van der Waals surface area (Å²) in [6, 6.07) is 3.73. The fraction of sp³-hybridized carbons (Fsp3) is 0.467. The van der Waals surface area contributed by atoms with Crippen molar-refractivity contribution in [2.24, 2.45) is 0 Å². The van der Waals surface area contributed by atoms with Crippen LogP contribution in [0.1, 0.15) is 36.0 Å². The van der Waals surface area contributed by atoms with Crippen molar-refractivity contribution in [1.82, 2.24) is 15.1 Å². The van der Waals surface area contributed by atoms with Crippen molar-refractivity contribution in [1.29, 1.82) is 5.26 Å². The third-order valence-corrected chi connectivity index (χ3v) is 3.93. The highest BCUT2D eigenvalue weighted by Crippen LogP contribution is 2.32. The molecule has 2 aromatic heterocycles. The lowest BCUT2D eigenvalue weighted by Gasteiger charge is -2.36. The molecule has 0 bridgehead atoms. The Kier molecular flexibility index (Phi) is 4.20. The molecule has 0 saturated carbocycles. The molecule has 1 aliphatic heterocycles. The van der Waals surface area contributed by atoms with Gasteiger partial charge in [0.15, 0.2) is 11.9 Å². The molecule has 3 rings (SSSR count). The van der Waals surface area contributed by atoms with E-state index < -0.39 is 0 Å². The summed E-state index contributed by atoms with van der Waals surface area (Å²) in [7, 11) is 0. The van der Waals surface area contributed by atoms with Gasteiger partial charge in [-0.3, -0.25) is 0 Å². The van der Waals surface area contributed by atoms with Crippen molar-refractivity contribution in [3.8, 4) is 6.07 Å². The van der Waals surface area contributed by atoms with Crippen molar-refractivity contribution in [2.75, 3.05) is 18.0 Å². The molecule has 3 heterocycles. The van der Waals surface area contributed by atoms with Crippen LogP contribution < -0.4 is 4.90 Å². The van der Waals surface area contributed by atoms with Gasteiger partial charge < -0.3 is 14.2 Å². The second kappa shape index (κ2) is 6.14. The SMILES string of the molecule is Cc1noc([C@H]2CN(c3nc(C)c(C#N)cc3Cl)C[C@@H](C)O2)n1. The summed E-state index contributed by atoms with van der Waals surface area (Å²) >= 11 is 6.31. The Labute approximate surface area is 138 Å². The molecule has 7 nitrogen and oxygen atoms in total. The van der Waals surface area contributed by atoms with Gasteiger partial charge in [0.1, 0.15) is 11.9 Å². The number of hydrogen-bond acceptors (Lipinski definition) is 7. The summed E-state index contributed by atoms with van der Waals surface area (Å²) in [5, 5.41) is 13.3. The number of nitrogens with zero attached hydrogens (tertiary/aromatic N) is 5. The van der Waals surface area contributed by atoms with Gasteiger partial charge in [0.05, 0.1) is 28.9 Å². The average molecular weight is 334 g/mol. The molecule has 8 heteroatoms. The predicted octanol–water partition coefficient (Wildman–Crippen LogP) is 2.57. The maximum Gasteiger partial charge on any atom is 0.257 e. The second-order valence-electron chi connectivity index (χ2n) is 5.56. The molecule has 120 valence electrons. The number of aryl methyl sites for hydroxylation is 2. The average Bonchev–Trinajstić information content (AvgIpc) is 2.95. The van der Waals surface area contributed by atoms with Gasteiger partial charge in [-0.15, -0.1) is 0 Å². The van der Waals surface area contributed by atoms with Crippen LogP contribution in [0, 0.1) is 25.2 Å². The van der Waals surface area contributed by atoms with Gasteiger partial charge in [0.25, 0.3) is 5.89 Å². The molecule has 0 aromatic carbocycles. The van der Waals surface area contributed by atoms with E-state index in [2.05, 4.69) is 21.2 Å². The van der Waals surface area contributed by atoms with Crippen molar-refractivity contribution in [3.63, 3.8) is 0 Å². The van der Waals surface area contributed by atoms with E-state index in [4.69, 9.17) is 26.1 Å². The zero-order chi connectivity index (χ0) is 16.6. The molecule has 0 radical (unpaired) electrons. The second-order valence-corrected chi connectivity index (χ2v) is 5.97. The standard InChI is InChI=1S/C15H16ClN5O2/c1-8-6-21(7-13(22-8)15-19-10(3)20-23-15)14-12(16)4-11(5-17)9(2)18-14/h4,8,13H,6-7H2,1-3H3/t8-,13-/m1/s1. The molecule has 1 fully saturated rings. The van der Waals surface area contributed by atoms with E-state index in [1.165, 1.54) is 0 Å². The number of nitriles is 1. The Hall–Kier alpha value is -2.17. The van der Waals surface area contributed by atoms with Gasteiger partial charge in [-0.1, -0.05) is 16.8 Å². The van der Waals surface area contributed by atoms with Gasteiger partial charge in [0.2, 0.25) is 0 Å². The smallest absolute Gasteiger partial charge is 0.257 e. The summed E-state index contributed by atoms with van der Waals surface area (Å²) in [5.74, 6) is 1.65. The minimum absolute atomic E-state index is 0.0465. The van der Waals surface area contributed by atoms with E-state index in [0.29, 0.717) is 46.9 Å². The lowest BCUT2D eigenvalue weighted by atomic mass is 10.2. The fourth-order valence-corrected chi connectivity index (χ4v) is 2.88. The Bertz CT molecular complexity index is 770. The summed E-state index contributed by atoms with van der Waals surface area (Å²) in [6.07, 6.45) is -0.386. The molecule has 0 amide bonds. The highest BCUT2D eigenvalue weighted by molar-refractivity contribution is 6.33. The minimum Gasteiger partial charge on any atom is -0.362 e. The normalized spacial score (nSPS) is 21.3. The predicted molar refractivity (Wildman–Crippen MR) is 83.2 cm³/mol. The molecule has 2 atom stereocenters. The highest BCUT2D eigenvalue weighted by Gasteiger charge is 2.32. The molecule has 2 aromatic rings. The third kappa shape index (κ3) is 3.14. The number of anilines is 1. The molecule has 0 N–H and O–H groups in total. The number of hydrogen-bond donors (Lipinski definition) is 0. The lowest BCUT2D eigenvalue weighted by molar-refractivity contribution is -0.0333. The van der Waals surface area contributed by atoms with E-state index >= 15 is 0 Å². The van der Waals surface area contributed by atoms with Crippen LogP contribution in [0.2, 0.25) is 5.02 Å². The number of morpholine rings is 1. The maximum atomic E-state index is 9.07. The first-order chi connectivity index (χ1) is 11.0. The molecule has 1 saturated heterocycles. The van der Waals surface area contributed by atoms with E-state index in [0.717, 1.165) is 0 Å². The molecule has 0 unspecified atom stereocenters. The van der Waals surface area contributed by atoms with Gasteiger partial charge >= 0.3 is 0 Å². The molecule has 0 spiro atoms. The Morgan fingerprint density at radius 1 is 1.35 bits per heavy atom. The Morgan fingerprint density at radius 3 is 2.78 bits per heavy atom. The number of halogens is 1. The first-order valence-corrected chi connectivity index (χ1v) is 7.63. The number of aromatic nitrogens is 3. The first-order valence-electron chi connectivity index (χ1n) is 7.25. The maximum absolute atomic E-state index is 9.07. The van der Waals surface area contributed by atoms with Crippen LogP contribution in [0.3, 0.4) is 0 Å². The summed E-state index contributed by atoms with van der Waals surface area (Å²) in [5.41, 5.74) is 1.13. The van der Waals surface area contributed by atoms with Crippen LogP contribution in [0.5, 0.6) is 0 Å². The van der Waals surface area contributed by atoms with Gasteiger partial charge in [0, 0.05) is 6.54 Å². The molecular weight excluding hydrogens is 318 g/mol. The highest BCUT2D eigenvalue weighted by atomic mass is 35.5. The quantitative estimate of drug-likeness (QED) is 0.834. The summed E-state index contributed by atoms with van der Waals surface area (Å²) in [6.45, 7) is 6.67. The zero-order valence-electron chi connectivity index (χ0n) is 13.1. The minimum atomic E-state index is -0.339. The summed E-state index contributed by atoms with van der Waals surface area (Å²) in [4.78, 5) is 10.7. The van der Waals surface area contributed by atoms with Crippen LogP contribution in [-0.4, -0.2) is 34.3 Å². The van der Waals surface area contributed by atoms with E-state index in [1.54, 1.807) is 19.9 Å². The van der Waals surface area contributed by atoms with E-state index in [9.17, 15) is 0 Å². The van der Waals surface area contributed by atoms with E-state index in [-0.39, 0.29) is 12.2 Å². The van der Waals surface area contributed by atoms with Crippen molar-refractivity contribution < 1.29 is 9.26 Å². The van der Waals surface area contributed by atoms with Gasteiger partial charge in [-0.2, -0.15) is 10.2 Å². The fourth-order valence-electron chi connectivity index (χ4n) is 2.61. The molecular formula is C15H16ClN5O2. The van der Waals surface area contributed by atoms with E-state index in [1.807, 2.05) is 11.8 Å². The van der Waals surface area contributed by atoms with Crippen molar-refractivity contribution >= 4 is 17.4 Å². The monoisotopic (exact) mass is 333 g/mol. The Morgan fingerprint density at radius 2 is 2.13 bits per heavy atom. The molecule has 0 aliphatic carbocycles. The van der Waals surface area contributed by atoms with Crippen molar-refractivity contribution in [3.05, 3.63) is 34.1 Å². The number of pyridine rings is 1. The number of ether oxygens (including phenoxy) is 1. The first kappa shape index (κ1) is 15.7. The largest absolute Gasteiger partial charge is 0.362 e. The molecule has 23 heavy (non-hydrogen) atoms. The third-order valence-electron chi connectivity index (χ3n) is 3.65. The van der Waals surface area contributed by atoms with Crippen LogP contribution in [-0.2, 0) is 4.74 Å². The van der Waals surface area contributed by atoms with Crippen LogP contribution in [0.15, 0.2) is 10.6 Å². The topological polar surface area (TPSA) is 88.1 Å². The van der Waals surface area contributed by atoms with Gasteiger partial charge in [-0.25, -0.2) is 4.98 Å². The number of rotatable bonds is 2. The van der Waals surface area contributed by atoms with Crippen LogP contribution in [0.25, 0.3) is 0 Å². The van der Waals surface area contributed by atoms with Crippen LogP contribution in [0.4, 0.5) is 5.82 Å². The van der Waals surface area contributed by atoms with Crippen molar-refractivity contribution in [2.45, 2.75) is 33.0 Å². The summed E-state index contributed by atoms with van der Waals surface area (Å²) < 4.78 is 11.1. The van der Waals surface area contributed by atoms with Crippen LogP contribution >= 0.6 is 11.6 Å². The van der Waals surface area contributed by atoms with Gasteiger partial charge in [-0.05, 0) is 26.8 Å².